The van der Waals surface area contributed by atoms with Crippen LogP contribution in [-0.2, 0) is 28.7 Å². The monoisotopic (exact) mass is 917 g/mol. The number of piperidine rings is 1. The van der Waals surface area contributed by atoms with Crippen molar-refractivity contribution < 1.29 is 52.1 Å². The van der Waals surface area contributed by atoms with E-state index in [4.69, 9.17) is 21.1 Å². The molecule has 0 radical (unpaired) electrons. The number of phenolic OH excluding ortho intramolecular Hbond substituents is 1. The number of imide groups is 2. The van der Waals surface area contributed by atoms with E-state index < -0.39 is 52.6 Å². The van der Waals surface area contributed by atoms with Crippen LogP contribution in [0.1, 0.15) is 40.0 Å². The van der Waals surface area contributed by atoms with Gasteiger partial charge in [0.2, 0.25) is 29.6 Å². The first kappa shape index (κ1) is 46.2. The zero-order valence-corrected chi connectivity index (χ0v) is 36.1. The van der Waals surface area contributed by atoms with Crippen LogP contribution in [0.3, 0.4) is 0 Å². The fourth-order valence-corrected chi connectivity index (χ4v) is 8.08. The summed E-state index contributed by atoms with van der Waals surface area (Å²) in [7, 11) is 1.62. The number of amides is 6. The van der Waals surface area contributed by atoms with Crippen LogP contribution in [0, 0.1) is 11.6 Å². The highest BCUT2D eigenvalue weighted by Gasteiger charge is 2.45. The maximum atomic E-state index is 16.4. The van der Waals surface area contributed by atoms with Crippen LogP contribution in [0.15, 0.2) is 55.1 Å². The van der Waals surface area contributed by atoms with E-state index in [1.165, 1.54) is 35.2 Å². The molecule has 18 nitrogen and oxygen atoms in total. The van der Waals surface area contributed by atoms with Crippen molar-refractivity contribution in [3.8, 4) is 16.9 Å². The molecule has 1 atom stereocenters. The average molecular weight is 918 g/mol. The number of carbonyl (C=O) groups is 6. The SMILES string of the molecule is C=CC(=O)N1CCN(c2nc(NCCC(=O)N(C)CCOCCOCCNc3cccc4c3C(=O)N(C3CCC(=O)NC3=O)C4=O)nc3c(F)c(-c4c(O)cccc4F)c(Cl)cc23)CC1. The molecule has 21 heteroatoms. The van der Waals surface area contributed by atoms with Crippen molar-refractivity contribution in [2.45, 2.75) is 25.3 Å². The number of rotatable bonds is 18. The standard InChI is InChI=1S/C44H46ClF2N9O9/c1-3-33(59)54-15-17-55(18-16-54)40-26-24-27(45)36(37-28(46)7-5-9-31(37)57)38(47)39(26)51-44(52-40)49-13-12-34(60)53(2)19-21-65-23-22-64-20-14-48-29-8-4-6-25-35(29)43(63)56(42(25)62)30-10-11-32(58)50-41(30)61/h3-9,24,30,48,57H,1,10-23H2,2H3,(H,49,51,52)(H,50,58,61). The lowest BCUT2D eigenvalue weighted by atomic mass is 10.0. The maximum Gasteiger partial charge on any atom is 0.264 e. The third-order valence-electron chi connectivity index (χ3n) is 11.2. The Balaban J connectivity index is 0.875. The van der Waals surface area contributed by atoms with Crippen molar-refractivity contribution in [2.75, 3.05) is 94.8 Å². The number of likely N-dealkylation sites (N-methyl/N-ethyl adjacent to an activating group) is 1. The molecule has 0 aliphatic carbocycles. The Bertz CT molecular complexity index is 2540. The quantitative estimate of drug-likeness (QED) is 0.0638. The first-order valence-corrected chi connectivity index (χ1v) is 21.2. The van der Waals surface area contributed by atoms with E-state index in [2.05, 4.69) is 32.5 Å². The molecule has 2 fully saturated rings. The first-order chi connectivity index (χ1) is 31.3. The molecular formula is C44H46ClF2N9O9. The normalized spacial score (nSPS) is 16.2. The van der Waals surface area contributed by atoms with Crippen LogP contribution in [0.25, 0.3) is 22.0 Å². The van der Waals surface area contributed by atoms with Gasteiger partial charge in [0.1, 0.15) is 28.9 Å². The number of nitrogens with one attached hydrogen (secondary N) is 3. The van der Waals surface area contributed by atoms with Crippen molar-refractivity contribution in [2.24, 2.45) is 0 Å². The van der Waals surface area contributed by atoms with E-state index in [9.17, 15) is 38.3 Å². The van der Waals surface area contributed by atoms with Crippen molar-refractivity contribution in [3.63, 3.8) is 0 Å². The molecule has 3 aromatic carbocycles. The zero-order chi connectivity index (χ0) is 46.4. The highest BCUT2D eigenvalue weighted by atomic mass is 35.5. The van der Waals surface area contributed by atoms with Crippen LogP contribution in [-0.4, -0.2) is 151 Å². The molecular weight excluding hydrogens is 872 g/mol. The van der Waals surface area contributed by atoms with Gasteiger partial charge in [0, 0.05) is 82.3 Å². The number of aromatic hydroxyl groups is 1. The van der Waals surface area contributed by atoms with E-state index in [-0.39, 0.29) is 109 Å². The van der Waals surface area contributed by atoms with Gasteiger partial charge in [-0.05, 0) is 42.8 Å². The molecule has 4 heterocycles. The van der Waals surface area contributed by atoms with E-state index in [1.54, 1.807) is 24.1 Å². The Hall–Kier alpha value is -6.77. The van der Waals surface area contributed by atoms with Gasteiger partial charge >= 0.3 is 0 Å². The van der Waals surface area contributed by atoms with Crippen molar-refractivity contribution in [1.29, 1.82) is 0 Å². The molecule has 2 saturated heterocycles. The van der Waals surface area contributed by atoms with Gasteiger partial charge in [0.15, 0.2) is 5.82 Å². The molecule has 342 valence electrons. The lowest BCUT2D eigenvalue weighted by Crippen LogP contribution is -2.54. The summed E-state index contributed by atoms with van der Waals surface area (Å²) in [5.41, 5.74) is -0.254. The third-order valence-corrected chi connectivity index (χ3v) is 11.5. The summed E-state index contributed by atoms with van der Waals surface area (Å²) >= 11 is 6.55. The number of anilines is 3. The van der Waals surface area contributed by atoms with Crippen LogP contribution in [0.4, 0.5) is 26.2 Å². The Morgan fingerprint density at radius 3 is 2.42 bits per heavy atom. The minimum Gasteiger partial charge on any atom is -0.507 e. The van der Waals surface area contributed by atoms with Gasteiger partial charge in [-0.25, -0.2) is 13.8 Å². The van der Waals surface area contributed by atoms with Gasteiger partial charge < -0.3 is 39.9 Å². The molecule has 3 aliphatic heterocycles. The highest BCUT2D eigenvalue weighted by Crippen LogP contribution is 2.42. The second kappa shape index (κ2) is 20.4. The topological polar surface area (TPSA) is 216 Å². The van der Waals surface area contributed by atoms with Crippen LogP contribution in [0.2, 0.25) is 5.02 Å². The molecule has 1 aromatic heterocycles. The summed E-state index contributed by atoms with van der Waals surface area (Å²) in [6.45, 7) is 6.49. The maximum absolute atomic E-state index is 16.4. The number of piperazine rings is 1. The van der Waals surface area contributed by atoms with Gasteiger partial charge in [-0.2, -0.15) is 4.98 Å². The minimum atomic E-state index is -1.06. The number of hydrogen-bond donors (Lipinski definition) is 4. The summed E-state index contributed by atoms with van der Waals surface area (Å²) in [5.74, 6) is -4.87. The molecule has 4 N–H and O–H groups in total. The van der Waals surface area contributed by atoms with Crippen molar-refractivity contribution >= 4 is 75.4 Å². The number of fused-ring (bicyclic) bond motifs is 2. The number of ether oxygens (including phenoxy) is 2. The summed E-state index contributed by atoms with van der Waals surface area (Å²) in [5, 5.41) is 18.8. The van der Waals surface area contributed by atoms with Crippen LogP contribution >= 0.6 is 11.6 Å². The number of phenols is 1. The van der Waals surface area contributed by atoms with Crippen LogP contribution < -0.4 is 20.9 Å². The van der Waals surface area contributed by atoms with Gasteiger partial charge in [0.05, 0.1) is 48.1 Å². The summed E-state index contributed by atoms with van der Waals surface area (Å²) in [6.07, 6.45) is 1.33. The second-order valence-electron chi connectivity index (χ2n) is 15.3. The minimum absolute atomic E-state index is 0.0105. The zero-order valence-electron chi connectivity index (χ0n) is 35.3. The number of nitrogens with zero attached hydrogens (tertiary/aromatic N) is 6. The van der Waals surface area contributed by atoms with E-state index in [1.807, 2.05) is 4.90 Å². The Morgan fingerprint density at radius 1 is 0.954 bits per heavy atom. The van der Waals surface area contributed by atoms with Crippen molar-refractivity contribution in [1.82, 2.24) is 30.0 Å². The smallest absolute Gasteiger partial charge is 0.264 e. The van der Waals surface area contributed by atoms with Gasteiger partial charge in [-0.3, -0.25) is 39.0 Å². The molecule has 4 aromatic rings. The molecule has 0 bridgehead atoms. The van der Waals surface area contributed by atoms with Gasteiger partial charge in [-0.1, -0.05) is 30.3 Å². The predicted molar refractivity (Wildman–Crippen MR) is 235 cm³/mol. The molecule has 7 rings (SSSR count). The summed E-state index contributed by atoms with van der Waals surface area (Å²) < 4.78 is 42.7. The predicted octanol–water partition coefficient (Wildman–Crippen LogP) is 3.58. The summed E-state index contributed by atoms with van der Waals surface area (Å²) in [6, 6.07) is 8.72. The van der Waals surface area contributed by atoms with Gasteiger partial charge in [-0.15, -0.1) is 0 Å². The third kappa shape index (κ3) is 9.98. The lowest BCUT2D eigenvalue weighted by Gasteiger charge is -2.35. The Morgan fingerprint density at radius 2 is 1.69 bits per heavy atom. The number of aromatic nitrogens is 2. The molecule has 1 unspecified atom stereocenters. The first-order valence-electron chi connectivity index (χ1n) is 20.8. The largest absolute Gasteiger partial charge is 0.507 e. The van der Waals surface area contributed by atoms with E-state index >= 15 is 4.39 Å². The van der Waals surface area contributed by atoms with Crippen LogP contribution in [0.5, 0.6) is 5.75 Å². The summed E-state index contributed by atoms with van der Waals surface area (Å²) in [4.78, 5) is 90.5. The molecule has 0 saturated carbocycles. The number of benzene rings is 3. The molecule has 6 amide bonds. The average Bonchev–Trinajstić information content (AvgIpc) is 3.55. The molecule has 3 aliphatic rings. The fraction of sp³-hybridized carbons (Fsp3) is 0.364. The Labute approximate surface area is 376 Å². The highest BCUT2D eigenvalue weighted by molar-refractivity contribution is 6.34. The number of hydrogen-bond acceptors (Lipinski definition) is 14. The number of halogens is 3. The molecule has 65 heavy (non-hydrogen) atoms. The molecule has 0 spiro atoms. The van der Waals surface area contributed by atoms with E-state index in [0.29, 0.717) is 44.2 Å². The lowest BCUT2D eigenvalue weighted by molar-refractivity contribution is -0.136. The van der Waals surface area contributed by atoms with E-state index in [0.717, 1.165) is 11.0 Å². The van der Waals surface area contributed by atoms with Crippen molar-refractivity contribution in [3.05, 3.63) is 82.9 Å². The second-order valence-corrected chi connectivity index (χ2v) is 15.7. The Kier molecular flexibility index (Phi) is 14.5. The van der Waals surface area contributed by atoms with Gasteiger partial charge in [0.25, 0.3) is 11.8 Å². The fourth-order valence-electron chi connectivity index (χ4n) is 7.80. The number of carbonyl (C=O) groups excluding carboxylic acids is 6.